The molecule has 40 heavy (non-hydrogen) atoms. The van der Waals surface area contributed by atoms with E-state index >= 15 is 0 Å². The molecule has 0 N–H and O–H groups in total. The summed E-state index contributed by atoms with van der Waals surface area (Å²) < 4.78 is 0. The normalized spacial score (nSPS) is 17.2. The summed E-state index contributed by atoms with van der Waals surface area (Å²) in [6, 6.07) is 43.8. The molecular formula is C40H34. The third-order valence-electron chi connectivity index (χ3n) is 8.85. The van der Waals surface area contributed by atoms with Gasteiger partial charge in [-0.05, 0) is 83.8 Å². The molecule has 0 aromatic heterocycles. The molecule has 0 heterocycles. The first-order valence-electron chi connectivity index (χ1n) is 14.4. The Kier molecular flexibility index (Phi) is 7.53. The van der Waals surface area contributed by atoms with Crippen molar-refractivity contribution in [1.82, 2.24) is 0 Å². The summed E-state index contributed by atoms with van der Waals surface area (Å²) in [5.74, 6) is 13.1. The predicted octanol–water partition coefficient (Wildman–Crippen LogP) is 9.19. The molecule has 0 atom stereocenters. The van der Waals surface area contributed by atoms with Crippen LogP contribution in [0.1, 0.15) is 60.8 Å². The molecule has 4 aromatic rings. The first kappa shape index (κ1) is 25.7. The van der Waals surface area contributed by atoms with Crippen molar-refractivity contribution in [2.24, 2.45) is 0 Å². The lowest BCUT2D eigenvalue weighted by atomic mass is 9.66. The second kappa shape index (κ2) is 11.7. The van der Waals surface area contributed by atoms with Crippen molar-refractivity contribution in [3.8, 4) is 23.7 Å². The Bertz CT molecular complexity index is 1410. The zero-order valence-corrected chi connectivity index (χ0v) is 22.9. The van der Waals surface area contributed by atoms with Gasteiger partial charge in [0.2, 0.25) is 0 Å². The van der Waals surface area contributed by atoms with Gasteiger partial charge in [-0.1, -0.05) is 145 Å². The van der Waals surface area contributed by atoms with Gasteiger partial charge in [0.05, 0.1) is 0 Å². The highest BCUT2D eigenvalue weighted by atomic mass is 14.4. The monoisotopic (exact) mass is 514 g/mol. The maximum Gasteiger partial charge on any atom is 0.0241 e. The molecule has 4 aromatic carbocycles. The van der Waals surface area contributed by atoms with Crippen molar-refractivity contribution < 1.29 is 0 Å². The van der Waals surface area contributed by atoms with Gasteiger partial charge in [-0.2, -0.15) is 0 Å². The van der Waals surface area contributed by atoms with E-state index in [-0.39, 0.29) is 10.8 Å². The average Bonchev–Trinajstić information content (AvgIpc) is 3.05. The van der Waals surface area contributed by atoms with E-state index in [4.69, 9.17) is 0 Å². The van der Waals surface area contributed by atoms with Gasteiger partial charge in [-0.15, -0.1) is 0 Å². The summed E-state index contributed by atoms with van der Waals surface area (Å²) in [6.07, 6.45) is 10.7. The molecule has 0 bridgehead atoms. The minimum Gasteiger partial charge on any atom is -0.0717 e. The number of benzene rings is 4. The van der Waals surface area contributed by atoms with E-state index in [9.17, 15) is 0 Å². The smallest absolute Gasteiger partial charge is 0.0241 e. The highest BCUT2D eigenvalue weighted by Crippen LogP contribution is 2.45. The molecule has 2 aliphatic carbocycles. The molecule has 0 amide bonds. The molecule has 0 nitrogen and oxygen atoms in total. The lowest BCUT2D eigenvalue weighted by Gasteiger charge is -2.37. The minimum atomic E-state index is 0.0102. The summed E-state index contributed by atoms with van der Waals surface area (Å²) >= 11 is 0. The van der Waals surface area contributed by atoms with Gasteiger partial charge in [0.15, 0.2) is 0 Å². The van der Waals surface area contributed by atoms with Crippen LogP contribution in [0.25, 0.3) is 0 Å². The Balaban J connectivity index is 1.19. The standard InChI is InChI=1S/C40H34/c1-5-17-35(18-6-1)39(36-19-7-2-8-20-36)29-25-33(26-30-39)15-13-14-16-34-27-31-40(32-28-34,37-21-9-3-10-22-37)38-23-11-4-12-24-38/h1-12,17-25,27H,26,28-32H2. The van der Waals surface area contributed by atoms with Crippen LogP contribution < -0.4 is 0 Å². The van der Waals surface area contributed by atoms with Crippen LogP contribution in [0.5, 0.6) is 0 Å². The van der Waals surface area contributed by atoms with Crippen LogP contribution in [-0.4, -0.2) is 0 Å². The van der Waals surface area contributed by atoms with Crippen molar-refractivity contribution in [3.05, 3.63) is 167 Å². The van der Waals surface area contributed by atoms with E-state index < -0.39 is 0 Å². The largest absolute Gasteiger partial charge is 0.0717 e. The maximum absolute atomic E-state index is 3.38. The number of hydrogen-bond acceptors (Lipinski definition) is 0. The SMILES string of the molecule is C(C#CC1=CCC(c2ccccc2)(c2ccccc2)CC1)#CC1=CCC(c2ccccc2)(c2ccccc2)CC1. The number of allylic oxidation sites excluding steroid dienone is 4. The van der Waals surface area contributed by atoms with E-state index in [0.29, 0.717) is 0 Å². The summed E-state index contributed by atoms with van der Waals surface area (Å²) in [4.78, 5) is 0. The summed E-state index contributed by atoms with van der Waals surface area (Å²) in [5.41, 5.74) is 7.98. The van der Waals surface area contributed by atoms with Gasteiger partial charge in [0.25, 0.3) is 0 Å². The molecule has 0 unspecified atom stereocenters. The Morgan fingerprint density at radius 3 is 0.950 bits per heavy atom. The Morgan fingerprint density at radius 2 is 0.700 bits per heavy atom. The van der Waals surface area contributed by atoms with Crippen molar-refractivity contribution in [1.29, 1.82) is 0 Å². The van der Waals surface area contributed by atoms with Gasteiger partial charge in [-0.3, -0.25) is 0 Å². The van der Waals surface area contributed by atoms with Crippen LogP contribution in [0.3, 0.4) is 0 Å². The molecule has 6 rings (SSSR count). The van der Waals surface area contributed by atoms with Crippen LogP contribution in [0.2, 0.25) is 0 Å². The van der Waals surface area contributed by atoms with Crippen LogP contribution in [0.15, 0.2) is 145 Å². The Hall–Kier alpha value is -4.52. The van der Waals surface area contributed by atoms with E-state index in [1.54, 1.807) is 0 Å². The maximum atomic E-state index is 3.38. The van der Waals surface area contributed by atoms with Gasteiger partial charge in [0.1, 0.15) is 0 Å². The molecule has 0 fully saturated rings. The van der Waals surface area contributed by atoms with E-state index in [2.05, 4.69) is 157 Å². The van der Waals surface area contributed by atoms with Gasteiger partial charge < -0.3 is 0 Å². The highest BCUT2D eigenvalue weighted by Gasteiger charge is 2.36. The van der Waals surface area contributed by atoms with Crippen LogP contribution >= 0.6 is 0 Å². The summed E-state index contributed by atoms with van der Waals surface area (Å²) in [5, 5.41) is 0. The fraction of sp³-hybridized carbons (Fsp3) is 0.200. The Labute approximate surface area is 239 Å². The van der Waals surface area contributed by atoms with Gasteiger partial charge >= 0.3 is 0 Å². The summed E-state index contributed by atoms with van der Waals surface area (Å²) in [6.45, 7) is 0. The highest BCUT2D eigenvalue weighted by molar-refractivity contribution is 5.48. The first-order valence-corrected chi connectivity index (χ1v) is 14.4. The van der Waals surface area contributed by atoms with E-state index in [0.717, 1.165) is 38.5 Å². The van der Waals surface area contributed by atoms with E-state index in [1.165, 1.54) is 33.4 Å². The zero-order valence-electron chi connectivity index (χ0n) is 22.9. The van der Waals surface area contributed by atoms with Crippen LogP contribution in [0.4, 0.5) is 0 Å². The van der Waals surface area contributed by atoms with Gasteiger partial charge in [0, 0.05) is 10.8 Å². The predicted molar refractivity (Wildman–Crippen MR) is 167 cm³/mol. The third-order valence-corrected chi connectivity index (χ3v) is 8.85. The van der Waals surface area contributed by atoms with Gasteiger partial charge in [-0.25, -0.2) is 0 Å². The molecular weight excluding hydrogens is 480 g/mol. The van der Waals surface area contributed by atoms with Crippen molar-refractivity contribution >= 4 is 0 Å². The number of rotatable bonds is 4. The van der Waals surface area contributed by atoms with Crippen molar-refractivity contribution in [2.75, 3.05) is 0 Å². The fourth-order valence-electron chi connectivity index (χ4n) is 6.56. The fourth-order valence-corrected chi connectivity index (χ4v) is 6.56. The molecule has 0 heteroatoms. The summed E-state index contributed by atoms with van der Waals surface area (Å²) in [7, 11) is 0. The topological polar surface area (TPSA) is 0 Å². The zero-order chi connectivity index (χ0) is 27.1. The van der Waals surface area contributed by atoms with Crippen LogP contribution in [-0.2, 0) is 10.8 Å². The molecule has 2 aliphatic rings. The second-order valence-electron chi connectivity index (χ2n) is 11.0. The average molecular weight is 515 g/mol. The minimum absolute atomic E-state index is 0.0102. The van der Waals surface area contributed by atoms with Crippen molar-refractivity contribution in [3.63, 3.8) is 0 Å². The first-order chi connectivity index (χ1) is 19.8. The lowest BCUT2D eigenvalue weighted by molar-refractivity contribution is 0.460. The Morgan fingerprint density at radius 1 is 0.400 bits per heavy atom. The van der Waals surface area contributed by atoms with Crippen molar-refractivity contribution in [2.45, 2.75) is 49.4 Å². The molecule has 0 radical (unpaired) electrons. The molecule has 0 saturated heterocycles. The van der Waals surface area contributed by atoms with Crippen LogP contribution in [0, 0.1) is 23.7 Å². The lowest BCUT2D eigenvalue weighted by Crippen LogP contribution is -2.29. The number of hydrogen-bond donors (Lipinski definition) is 0. The molecule has 194 valence electrons. The molecule has 0 spiro atoms. The van der Waals surface area contributed by atoms with E-state index in [1.807, 2.05) is 0 Å². The second-order valence-corrected chi connectivity index (χ2v) is 11.0. The third kappa shape index (κ3) is 5.19. The molecule has 0 aliphatic heterocycles. The molecule has 0 saturated carbocycles. The quantitative estimate of drug-likeness (QED) is 0.238.